The maximum absolute atomic E-state index is 12.0. The lowest BCUT2D eigenvalue weighted by Gasteiger charge is -2.30. The summed E-state index contributed by atoms with van der Waals surface area (Å²) in [5.74, 6) is 0.0886. The predicted molar refractivity (Wildman–Crippen MR) is 117 cm³/mol. The Bertz CT molecular complexity index is 796. The van der Waals surface area contributed by atoms with Crippen molar-refractivity contribution < 1.29 is 19.1 Å². The van der Waals surface area contributed by atoms with Gasteiger partial charge in [-0.15, -0.1) is 0 Å². The van der Waals surface area contributed by atoms with E-state index < -0.39 is 11.7 Å². The first-order chi connectivity index (χ1) is 14.4. The van der Waals surface area contributed by atoms with Gasteiger partial charge in [0.25, 0.3) is 0 Å². The third kappa shape index (κ3) is 8.15. The molecule has 0 unspecified atom stereocenters. The summed E-state index contributed by atoms with van der Waals surface area (Å²) in [6.07, 6.45) is 4.64. The van der Waals surface area contributed by atoms with Crippen LogP contribution in [0.15, 0.2) is 6.20 Å². The van der Waals surface area contributed by atoms with E-state index in [2.05, 4.69) is 20.9 Å². The van der Waals surface area contributed by atoms with Gasteiger partial charge in [0.15, 0.2) is 5.82 Å². The Morgan fingerprint density at radius 2 is 1.81 bits per heavy atom. The quantitative estimate of drug-likeness (QED) is 0.633. The molecule has 2 rings (SSSR count). The molecule has 0 aliphatic heterocycles. The molecule has 0 bridgehead atoms. The zero-order valence-corrected chi connectivity index (χ0v) is 19.4. The van der Waals surface area contributed by atoms with Gasteiger partial charge in [-0.05, 0) is 46.5 Å². The molecule has 1 aromatic heterocycles. The Kier molecular flexibility index (Phi) is 8.36. The van der Waals surface area contributed by atoms with Crippen LogP contribution in [-0.2, 0) is 20.9 Å². The number of nitrogens with one attached hydrogen (secondary N) is 3. The molecule has 3 amide bonds. The SMILES string of the molecule is CC(=O)Nc1ncc(C2CCC(NC(=O)OC(C)(C)C)CC2)nc1CNC(=O)C(C)C. The lowest BCUT2D eigenvalue weighted by atomic mass is 9.84. The number of anilines is 1. The van der Waals surface area contributed by atoms with Gasteiger partial charge in [-0.25, -0.2) is 9.78 Å². The normalized spacial score (nSPS) is 18.9. The van der Waals surface area contributed by atoms with E-state index in [4.69, 9.17) is 9.72 Å². The summed E-state index contributed by atoms with van der Waals surface area (Å²) in [4.78, 5) is 44.6. The van der Waals surface area contributed by atoms with Crippen molar-refractivity contribution in [2.24, 2.45) is 5.92 Å². The molecule has 172 valence electrons. The van der Waals surface area contributed by atoms with Gasteiger partial charge >= 0.3 is 6.09 Å². The Balaban J connectivity index is 2.02. The molecule has 0 radical (unpaired) electrons. The van der Waals surface area contributed by atoms with Crippen molar-refractivity contribution >= 4 is 23.7 Å². The van der Waals surface area contributed by atoms with E-state index in [0.717, 1.165) is 31.4 Å². The molecule has 1 aliphatic rings. The van der Waals surface area contributed by atoms with Gasteiger partial charge in [-0.1, -0.05) is 13.8 Å². The summed E-state index contributed by atoms with van der Waals surface area (Å²) in [6.45, 7) is 10.8. The Hall–Kier alpha value is -2.71. The first-order valence-corrected chi connectivity index (χ1v) is 10.8. The number of aromatic nitrogens is 2. The van der Waals surface area contributed by atoms with Crippen LogP contribution in [0.1, 0.15) is 84.5 Å². The number of carbonyl (C=O) groups is 3. The van der Waals surface area contributed by atoms with Crippen molar-refractivity contribution in [3.63, 3.8) is 0 Å². The van der Waals surface area contributed by atoms with Crippen molar-refractivity contribution in [3.05, 3.63) is 17.6 Å². The lowest BCUT2D eigenvalue weighted by molar-refractivity contribution is -0.124. The number of amides is 3. The number of hydrogen-bond donors (Lipinski definition) is 3. The number of ether oxygens (including phenoxy) is 1. The highest BCUT2D eigenvalue weighted by molar-refractivity contribution is 5.88. The fraction of sp³-hybridized carbons (Fsp3) is 0.682. The van der Waals surface area contributed by atoms with Gasteiger partial charge in [-0.3, -0.25) is 14.6 Å². The molecular weight excluding hydrogens is 398 g/mol. The average molecular weight is 434 g/mol. The van der Waals surface area contributed by atoms with Gasteiger partial charge in [0.2, 0.25) is 11.8 Å². The zero-order valence-electron chi connectivity index (χ0n) is 19.4. The molecule has 9 nitrogen and oxygen atoms in total. The van der Waals surface area contributed by atoms with Crippen LogP contribution in [0.3, 0.4) is 0 Å². The van der Waals surface area contributed by atoms with Crippen LogP contribution in [0.5, 0.6) is 0 Å². The fourth-order valence-electron chi connectivity index (χ4n) is 3.42. The first-order valence-electron chi connectivity index (χ1n) is 10.8. The molecule has 0 aromatic carbocycles. The molecule has 9 heteroatoms. The highest BCUT2D eigenvalue weighted by Crippen LogP contribution is 2.32. The van der Waals surface area contributed by atoms with E-state index in [9.17, 15) is 14.4 Å². The minimum Gasteiger partial charge on any atom is -0.444 e. The van der Waals surface area contributed by atoms with E-state index in [1.54, 1.807) is 6.20 Å². The molecular formula is C22H35N5O4. The number of rotatable bonds is 6. The van der Waals surface area contributed by atoms with Crippen molar-refractivity contribution in [1.29, 1.82) is 0 Å². The third-order valence-corrected chi connectivity index (χ3v) is 4.98. The van der Waals surface area contributed by atoms with Crippen molar-refractivity contribution in [2.75, 3.05) is 5.32 Å². The molecule has 1 aliphatic carbocycles. The first kappa shape index (κ1) is 24.6. The van der Waals surface area contributed by atoms with Crippen LogP contribution >= 0.6 is 0 Å². The average Bonchev–Trinajstić information content (AvgIpc) is 2.65. The fourth-order valence-corrected chi connectivity index (χ4v) is 3.42. The topological polar surface area (TPSA) is 122 Å². The monoisotopic (exact) mass is 433 g/mol. The van der Waals surface area contributed by atoms with Gasteiger partial charge in [0.1, 0.15) is 11.3 Å². The molecule has 1 fully saturated rings. The number of nitrogens with zero attached hydrogens (tertiary/aromatic N) is 2. The van der Waals surface area contributed by atoms with Gasteiger partial charge in [0, 0.05) is 24.8 Å². The minimum absolute atomic E-state index is 0.0718. The molecule has 3 N–H and O–H groups in total. The third-order valence-electron chi connectivity index (χ3n) is 4.98. The maximum atomic E-state index is 12.0. The van der Waals surface area contributed by atoms with E-state index >= 15 is 0 Å². The predicted octanol–water partition coefficient (Wildman–Crippen LogP) is 3.26. The molecule has 0 saturated heterocycles. The Labute approximate surface area is 184 Å². The van der Waals surface area contributed by atoms with Crippen LogP contribution in [0, 0.1) is 5.92 Å². The van der Waals surface area contributed by atoms with Crippen molar-refractivity contribution in [3.8, 4) is 0 Å². The molecule has 31 heavy (non-hydrogen) atoms. The summed E-state index contributed by atoms with van der Waals surface area (Å²) in [5.41, 5.74) is 0.850. The smallest absolute Gasteiger partial charge is 0.407 e. The number of hydrogen-bond acceptors (Lipinski definition) is 6. The molecule has 0 spiro atoms. The van der Waals surface area contributed by atoms with E-state index in [1.165, 1.54) is 6.92 Å². The number of carbonyl (C=O) groups excluding carboxylic acids is 3. The Morgan fingerprint density at radius 3 is 2.35 bits per heavy atom. The van der Waals surface area contributed by atoms with E-state index in [1.807, 2.05) is 34.6 Å². The lowest BCUT2D eigenvalue weighted by Crippen LogP contribution is -2.40. The summed E-state index contributed by atoms with van der Waals surface area (Å²) in [5, 5.41) is 8.45. The second kappa shape index (κ2) is 10.5. The van der Waals surface area contributed by atoms with Crippen LogP contribution in [-0.4, -0.2) is 39.5 Å². The number of alkyl carbamates (subject to hydrolysis) is 1. The van der Waals surface area contributed by atoms with Crippen LogP contribution in [0.2, 0.25) is 0 Å². The highest BCUT2D eigenvalue weighted by Gasteiger charge is 2.27. The van der Waals surface area contributed by atoms with Crippen LogP contribution < -0.4 is 16.0 Å². The van der Waals surface area contributed by atoms with E-state index in [0.29, 0.717) is 11.5 Å². The standard InChI is InChI=1S/C22H35N5O4/c1-13(2)20(29)24-12-18-19(25-14(3)28)23-11-17(27-18)15-7-9-16(10-8-15)26-21(30)31-22(4,5)6/h11,13,15-16H,7-10,12H2,1-6H3,(H,24,29)(H,26,30)(H,23,25,28). The molecule has 1 aromatic rings. The second-order valence-electron chi connectivity index (χ2n) is 9.34. The molecule has 0 atom stereocenters. The summed E-state index contributed by atoms with van der Waals surface area (Å²) < 4.78 is 5.33. The zero-order chi connectivity index (χ0) is 23.2. The summed E-state index contributed by atoms with van der Waals surface area (Å²) in [6, 6.07) is 0.0718. The highest BCUT2D eigenvalue weighted by atomic mass is 16.6. The van der Waals surface area contributed by atoms with Gasteiger partial charge < -0.3 is 20.7 Å². The van der Waals surface area contributed by atoms with Crippen molar-refractivity contribution in [2.45, 2.75) is 91.3 Å². The van der Waals surface area contributed by atoms with Crippen LogP contribution in [0.25, 0.3) is 0 Å². The molecule has 1 heterocycles. The van der Waals surface area contributed by atoms with Gasteiger partial charge in [0.05, 0.1) is 18.4 Å². The Morgan fingerprint density at radius 1 is 1.16 bits per heavy atom. The molecule has 1 saturated carbocycles. The van der Waals surface area contributed by atoms with Gasteiger partial charge in [-0.2, -0.15) is 0 Å². The van der Waals surface area contributed by atoms with E-state index in [-0.39, 0.29) is 36.2 Å². The van der Waals surface area contributed by atoms with Crippen LogP contribution in [0.4, 0.5) is 10.6 Å². The minimum atomic E-state index is -0.520. The summed E-state index contributed by atoms with van der Waals surface area (Å²) >= 11 is 0. The largest absolute Gasteiger partial charge is 0.444 e. The summed E-state index contributed by atoms with van der Waals surface area (Å²) in [7, 11) is 0. The maximum Gasteiger partial charge on any atom is 0.407 e. The van der Waals surface area contributed by atoms with Crippen molar-refractivity contribution in [1.82, 2.24) is 20.6 Å². The second-order valence-corrected chi connectivity index (χ2v) is 9.34.